The molecular formula is C27H25FN2O6. The highest BCUT2D eigenvalue weighted by Gasteiger charge is 2.27. The van der Waals surface area contributed by atoms with E-state index < -0.39 is 36.2 Å². The Balaban J connectivity index is 1.43. The number of furan rings is 1. The molecule has 1 aromatic heterocycles. The molecular weight excluding hydrogens is 467 g/mol. The standard InChI is InChI=1S/C27H25FN2O6/c1-15(2)25(30-26(32)17-9-4-6-10-19(17)28)27(33)35-14-24(31)29-20-13-22-18(12-23(20)34-3)16-8-5-7-11-21(16)36-22/h4-13,15,25H,14H2,1-3H3,(H,29,31)(H,30,32)/t25-/m1/s1. The molecule has 0 fully saturated rings. The van der Waals surface area contributed by atoms with Crippen molar-refractivity contribution in [2.75, 3.05) is 19.0 Å². The van der Waals surface area contributed by atoms with Crippen LogP contribution in [0, 0.1) is 11.7 Å². The van der Waals surface area contributed by atoms with Gasteiger partial charge in [-0.25, -0.2) is 9.18 Å². The lowest BCUT2D eigenvalue weighted by Crippen LogP contribution is -2.46. The van der Waals surface area contributed by atoms with Crippen LogP contribution in [0.5, 0.6) is 5.75 Å². The van der Waals surface area contributed by atoms with E-state index in [-0.39, 0.29) is 11.5 Å². The van der Waals surface area contributed by atoms with E-state index in [9.17, 15) is 18.8 Å². The van der Waals surface area contributed by atoms with E-state index in [4.69, 9.17) is 13.9 Å². The number of esters is 1. The van der Waals surface area contributed by atoms with Crippen LogP contribution in [-0.2, 0) is 14.3 Å². The highest BCUT2D eigenvalue weighted by atomic mass is 19.1. The number of methoxy groups -OCH3 is 1. The summed E-state index contributed by atoms with van der Waals surface area (Å²) < 4.78 is 30.4. The van der Waals surface area contributed by atoms with Gasteiger partial charge >= 0.3 is 5.97 Å². The number of hydrogen-bond acceptors (Lipinski definition) is 6. The van der Waals surface area contributed by atoms with Crippen molar-refractivity contribution >= 4 is 45.4 Å². The van der Waals surface area contributed by atoms with Crippen molar-refractivity contribution in [3.63, 3.8) is 0 Å². The van der Waals surface area contributed by atoms with E-state index in [2.05, 4.69) is 10.6 Å². The van der Waals surface area contributed by atoms with Gasteiger partial charge in [0.05, 0.1) is 18.4 Å². The number of amides is 2. The fourth-order valence-electron chi connectivity index (χ4n) is 3.79. The molecule has 2 N–H and O–H groups in total. The summed E-state index contributed by atoms with van der Waals surface area (Å²) >= 11 is 0. The quantitative estimate of drug-likeness (QED) is 0.346. The van der Waals surface area contributed by atoms with Crippen molar-refractivity contribution in [3.05, 3.63) is 72.0 Å². The molecule has 0 saturated heterocycles. The maximum absolute atomic E-state index is 13.9. The highest BCUT2D eigenvalue weighted by molar-refractivity contribution is 6.08. The van der Waals surface area contributed by atoms with E-state index in [1.807, 2.05) is 24.3 Å². The van der Waals surface area contributed by atoms with Crippen LogP contribution >= 0.6 is 0 Å². The third kappa shape index (κ3) is 5.14. The predicted molar refractivity (Wildman–Crippen MR) is 132 cm³/mol. The van der Waals surface area contributed by atoms with Crippen LogP contribution < -0.4 is 15.4 Å². The summed E-state index contributed by atoms with van der Waals surface area (Å²) in [6.07, 6.45) is 0. The number of carbonyl (C=O) groups excluding carboxylic acids is 3. The molecule has 0 radical (unpaired) electrons. The summed E-state index contributed by atoms with van der Waals surface area (Å²) in [5, 5.41) is 6.88. The fourth-order valence-corrected chi connectivity index (χ4v) is 3.79. The number of ether oxygens (including phenoxy) is 2. The second-order valence-electron chi connectivity index (χ2n) is 8.48. The van der Waals surface area contributed by atoms with E-state index in [0.29, 0.717) is 22.6 Å². The SMILES string of the molecule is COc1cc2c(cc1NC(=O)COC(=O)[C@H](NC(=O)c1ccccc1F)C(C)C)oc1ccccc12. The Morgan fingerprint density at radius 1 is 0.972 bits per heavy atom. The van der Waals surface area contributed by atoms with Crippen molar-refractivity contribution in [3.8, 4) is 5.75 Å². The Bertz CT molecular complexity index is 1450. The molecule has 186 valence electrons. The molecule has 2 amide bonds. The third-order valence-electron chi connectivity index (χ3n) is 5.64. The number of anilines is 1. The summed E-state index contributed by atoms with van der Waals surface area (Å²) in [5.74, 6) is -2.85. The molecule has 4 rings (SSSR count). The fraction of sp³-hybridized carbons (Fsp3) is 0.222. The van der Waals surface area contributed by atoms with Crippen molar-refractivity contribution < 1.29 is 32.7 Å². The Kier molecular flexibility index (Phi) is 7.19. The lowest BCUT2D eigenvalue weighted by atomic mass is 10.0. The maximum atomic E-state index is 13.9. The summed E-state index contributed by atoms with van der Waals surface area (Å²) in [5.41, 5.74) is 1.41. The van der Waals surface area contributed by atoms with Crippen molar-refractivity contribution in [2.24, 2.45) is 5.92 Å². The van der Waals surface area contributed by atoms with E-state index in [0.717, 1.165) is 16.8 Å². The van der Waals surface area contributed by atoms with Crippen LogP contribution in [0.3, 0.4) is 0 Å². The predicted octanol–water partition coefficient (Wildman–Crippen LogP) is 4.67. The zero-order valence-electron chi connectivity index (χ0n) is 20.0. The molecule has 36 heavy (non-hydrogen) atoms. The zero-order chi connectivity index (χ0) is 25.8. The van der Waals surface area contributed by atoms with Gasteiger partial charge in [-0.2, -0.15) is 0 Å². The number of rotatable bonds is 8. The maximum Gasteiger partial charge on any atom is 0.329 e. The first-order valence-electron chi connectivity index (χ1n) is 11.3. The third-order valence-corrected chi connectivity index (χ3v) is 5.64. The molecule has 0 saturated carbocycles. The summed E-state index contributed by atoms with van der Waals surface area (Å²) in [6.45, 7) is 2.79. The van der Waals surface area contributed by atoms with Gasteiger partial charge in [-0.05, 0) is 30.2 Å². The molecule has 0 aliphatic heterocycles. The first-order valence-corrected chi connectivity index (χ1v) is 11.3. The van der Waals surface area contributed by atoms with Gasteiger partial charge in [-0.1, -0.05) is 44.2 Å². The molecule has 0 unspecified atom stereocenters. The van der Waals surface area contributed by atoms with Crippen LogP contribution in [0.1, 0.15) is 24.2 Å². The number of para-hydroxylation sites is 1. The van der Waals surface area contributed by atoms with Gasteiger partial charge in [0.15, 0.2) is 6.61 Å². The van der Waals surface area contributed by atoms with Gasteiger partial charge in [0.1, 0.15) is 28.8 Å². The van der Waals surface area contributed by atoms with E-state index in [1.54, 1.807) is 26.0 Å². The molecule has 0 bridgehead atoms. The molecule has 8 nitrogen and oxygen atoms in total. The van der Waals surface area contributed by atoms with Gasteiger partial charge < -0.3 is 24.5 Å². The summed E-state index contributed by atoms with van der Waals surface area (Å²) in [6, 6.07) is 15.3. The first kappa shape index (κ1) is 24.7. The Morgan fingerprint density at radius 3 is 2.42 bits per heavy atom. The zero-order valence-corrected chi connectivity index (χ0v) is 20.0. The van der Waals surface area contributed by atoms with Crippen LogP contribution in [0.15, 0.2) is 65.1 Å². The lowest BCUT2D eigenvalue weighted by Gasteiger charge is -2.21. The first-order chi connectivity index (χ1) is 17.3. The number of nitrogens with one attached hydrogen (secondary N) is 2. The van der Waals surface area contributed by atoms with Crippen LogP contribution in [0.2, 0.25) is 0 Å². The average molecular weight is 493 g/mol. The molecule has 3 aromatic carbocycles. The number of fused-ring (bicyclic) bond motifs is 3. The number of benzene rings is 3. The van der Waals surface area contributed by atoms with Crippen molar-refractivity contribution in [1.82, 2.24) is 5.32 Å². The van der Waals surface area contributed by atoms with Crippen molar-refractivity contribution in [2.45, 2.75) is 19.9 Å². The van der Waals surface area contributed by atoms with Gasteiger partial charge in [-0.3, -0.25) is 9.59 Å². The Morgan fingerprint density at radius 2 is 1.69 bits per heavy atom. The topological polar surface area (TPSA) is 107 Å². The van der Waals surface area contributed by atoms with Gasteiger partial charge in [0.25, 0.3) is 11.8 Å². The van der Waals surface area contributed by atoms with E-state index in [1.165, 1.54) is 25.3 Å². The number of hydrogen-bond donors (Lipinski definition) is 2. The molecule has 4 aromatic rings. The van der Waals surface area contributed by atoms with Gasteiger partial charge in [0, 0.05) is 16.8 Å². The minimum Gasteiger partial charge on any atom is -0.495 e. The molecule has 9 heteroatoms. The summed E-state index contributed by atoms with van der Waals surface area (Å²) in [4.78, 5) is 37.6. The number of halogens is 1. The second kappa shape index (κ2) is 10.5. The van der Waals surface area contributed by atoms with Crippen LogP contribution in [0.25, 0.3) is 21.9 Å². The molecule has 0 spiro atoms. The Hall–Kier alpha value is -4.40. The Labute approximate surface area is 206 Å². The molecule has 1 heterocycles. The minimum atomic E-state index is -1.08. The number of carbonyl (C=O) groups is 3. The highest BCUT2D eigenvalue weighted by Crippen LogP contribution is 2.36. The normalized spacial score (nSPS) is 11.9. The largest absolute Gasteiger partial charge is 0.495 e. The monoisotopic (exact) mass is 492 g/mol. The second-order valence-corrected chi connectivity index (χ2v) is 8.48. The van der Waals surface area contributed by atoms with E-state index >= 15 is 0 Å². The lowest BCUT2D eigenvalue weighted by molar-refractivity contribution is -0.150. The average Bonchev–Trinajstić information content (AvgIpc) is 3.22. The summed E-state index contributed by atoms with van der Waals surface area (Å²) in [7, 11) is 1.48. The van der Waals surface area contributed by atoms with Crippen molar-refractivity contribution in [1.29, 1.82) is 0 Å². The smallest absolute Gasteiger partial charge is 0.329 e. The van der Waals surface area contributed by atoms with Crippen LogP contribution in [0.4, 0.5) is 10.1 Å². The molecule has 0 aliphatic carbocycles. The van der Waals surface area contributed by atoms with Gasteiger partial charge in [-0.15, -0.1) is 0 Å². The molecule has 1 atom stereocenters. The minimum absolute atomic E-state index is 0.193. The molecule has 0 aliphatic rings. The van der Waals surface area contributed by atoms with Crippen LogP contribution in [-0.4, -0.2) is 37.5 Å². The van der Waals surface area contributed by atoms with Gasteiger partial charge in [0.2, 0.25) is 0 Å².